The molecule has 100 valence electrons. The number of carbonyl (C=O) groups is 1. The van der Waals surface area contributed by atoms with Crippen LogP contribution in [0.3, 0.4) is 0 Å². The fourth-order valence-electron chi connectivity index (χ4n) is 1.56. The zero-order valence-electron chi connectivity index (χ0n) is 10.9. The second-order valence-corrected chi connectivity index (χ2v) is 4.80. The molecule has 3 N–H and O–H groups in total. The Kier molecular flexibility index (Phi) is 5.64. The number of nitrogens with one attached hydrogen (secondary N) is 1. The lowest BCUT2D eigenvalue weighted by Gasteiger charge is -2.19. The quantitative estimate of drug-likeness (QED) is 0.744. The first-order valence-corrected chi connectivity index (χ1v) is 6.86. The van der Waals surface area contributed by atoms with Gasteiger partial charge in [0.05, 0.1) is 0 Å². The van der Waals surface area contributed by atoms with Crippen LogP contribution < -0.4 is 11.1 Å². The summed E-state index contributed by atoms with van der Waals surface area (Å²) in [4.78, 5) is 18.7. The molecule has 0 atom stereocenters. The maximum absolute atomic E-state index is 12.3. The highest BCUT2D eigenvalue weighted by atomic mass is 32.1. The molecule has 0 fully saturated rings. The van der Waals surface area contributed by atoms with Crippen molar-refractivity contribution in [2.45, 2.75) is 20.3 Å². The van der Waals surface area contributed by atoms with Crippen LogP contribution in [0.15, 0.2) is 12.7 Å². The SMILES string of the molecule is C=CCN(CCC)C(=O)c1sc(NCC)nc1N. The summed E-state index contributed by atoms with van der Waals surface area (Å²) in [5.41, 5.74) is 5.79. The topological polar surface area (TPSA) is 71.2 Å². The first kappa shape index (κ1) is 14.5. The van der Waals surface area contributed by atoms with Gasteiger partial charge in [0, 0.05) is 19.6 Å². The van der Waals surface area contributed by atoms with E-state index in [-0.39, 0.29) is 5.91 Å². The number of thiazole rings is 1. The lowest BCUT2D eigenvalue weighted by molar-refractivity contribution is 0.0779. The van der Waals surface area contributed by atoms with Crippen LogP contribution in [0.5, 0.6) is 0 Å². The number of hydrogen-bond donors (Lipinski definition) is 2. The summed E-state index contributed by atoms with van der Waals surface area (Å²) < 4.78 is 0. The summed E-state index contributed by atoms with van der Waals surface area (Å²) >= 11 is 1.30. The van der Waals surface area contributed by atoms with Crippen molar-refractivity contribution in [2.75, 3.05) is 30.7 Å². The number of carbonyl (C=O) groups excluding carboxylic acids is 1. The smallest absolute Gasteiger partial charge is 0.268 e. The summed E-state index contributed by atoms with van der Waals surface area (Å²) in [5.74, 6) is 0.224. The van der Waals surface area contributed by atoms with Gasteiger partial charge in [-0.15, -0.1) is 6.58 Å². The molecular formula is C12H20N4OS. The predicted molar refractivity (Wildman–Crippen MR) is 77.1 cm³/mol. The molecule has 0 saturated heterocycles. The van der Waals surface area contributed by atoms with Crippen molar-refractivity contribution < 1.29 is 4.79 Å². The Hall–Kier alpha value is -1.56. The Balaban J connectivity index is 2.89. The largest absolute Gasteiger partial charge is 0.382 e. The van der Waals surface area contributed by atoms with E-state index in [4.69, 9.17) is 5.73 Å². The van der Waals surface area contributed by atoms with Crippen LogP contribution in [0.1, 0.15) is 29.9 Å². The highest BCUT2D eigenvalue weighted by Crippen LogP contribution is 2.26. The third-order valence-corrected chi connectivity index (χ3v) is 3.32. The monoisotopic (exact) mass is 268 g/mol. The van der Waals surface area contributed by atoms with E-state index >= 15 is 0 Å². The van der Waals surface area contributed by atoms with Gasteiger partial charge in [0.15, 0.2) is 5.13 Å². The average molecular weight is 268 g/mol. The molecule has 18 heavy (non-hydrogen) atoms. The molecule has 1 amide bonds. The average Bonchev–Trinajstić information content (AvgIpc) is 2.70. The van der Waals surface area contributed by atoms with Crippen molar-refractivity contribution in [3.63, 3.8) is 0 Å². The van der Waals surface area contributed by atoms with Gasteiger partial charge < -0.3 is 16.0 Å². The zero-order valence-corrected chi connectivity index (χ0v) is 11.7. The van der Waals surface area contributed by atoms with E-state index in [0.29, 0.717) is 28.9 Å². The number of anilines is 2. The van der Waals surface area contributed by atoms with Crippen LogP contribution in [0.25, 0.3) is 0 Å². The van der Waals surface area contributed by atoms with Crippen LogP contribution in [0.2, 0.25) is 0 Å². The molecule has 5 nitrogen and oxygen atoms in total. The molecule has 0 aromatic carbocycles. The molecular weight excluding hydrogens is 248 g/mol. The summed E-state index contributed by atoms with van der Waals surface area (Å²) in [6.07, 6.45) is 2.62. The van der Waals surface area contributed by atoms with Gasteiger partial charge in [-0.2, -0.15) is 0 Å². The van der Waals surface area contributed by atoms with Gasteiger partial charge in [-0.3, -0.25) is 4.79 Å². The van der Waals surface area contributed by atoms with E-state index in [0.717, 1.165) is 13.0 Å². The number of aromatic nitrogens is 1. The third-order valence-electron chi connectivity index (χ3n) is 2.31. The summed E-state index contributed by atoms with van der Waals surface area (Å²) in [6.45, 7) is 9.65. The molecule has 0 unspecified atom stereocenters. The molecule has 6 heteroatoms. The minimum Gasteiger partial charge on any atom is -0.382 e. The summed E-state index contributed by atoms with van der Waals surface area (Å²) in [7, 11) is 0. The summed E-state index contributed by atoms with van der Waals surface area (Å²) in [5, 5.41) is 3.75. The number of hydrogen-bond acceptors (Lipinski definition) is 5. The van der Waals surface area contributed by atoms with E-state index in [9.17, 15) is 4.79 Å². The standard InChI is InChI=1S/C12H20N4OS/c1-4-7-16(8-5-2)11(17)9-10(13)15-12(18-9)14-6-3/h4H,1,5-8,13H2,2-3H3,(H,14,15). The molecule has 0 spiro atoms. The van der Waals surface area contributed by atoms with Crippen molar-refractivity contribution >= 4 is 28.2 Å². The van der Waals surface area contributed by atoms with Gasteiger partial charge in [-0.05, 0) is 13.3 Å². The fraction of sp³-hybridized carbons (Fsp3) is 0.500. The number of nitrogen functional groups attached to an aromatic ring is 1. The maximum Gasteiger partial charge on any atom is 0.268 e. The first-order chi connectivity index (χ1) is 8.63. The Morgan fingerprint density at radius 2 is 2.33 bits per heavy atom. The van der Waals surface area contributed by atoms with Gasteiger partial charge in [-0.25, -0.2) is 4.98 Å². The van der Waals surface area contributed by atoms with Gasteiger partial charge in [0.2, 0.25) is 0 Å². The van der Waals surface area contributed by atoms with Gasteiger partial charge in [-0.1, -0.05) is 24.3 Å². The van der Waals surface area contributed by atoms with Crippen molar-refractivity contribution in [3.8, 4) is 0 Å². The van der Waals surface area contributed by atoms with Crippen molar-refractivity contribution in [1.29, 1.82) is 0 Å². The van der Waals surface area contributed by atoms with E-state index in [1.165, 1.54) is 11.3 Å². The number of nitrogens with two attached hydrogens (primary N) is 1. The lowest BCUT2D eigenvalue weighted by atomic mass is 10.3. The highest BCUT2D eigenvalue weighted by Gasteiger charge is 2.20. The molecule has 0 aliphatic heterocycles. The molecule has 0 saturated carbocycles. The molecule has 1 heterocycles. The molecule has 0 aliphatic rings. The van der Waals surface area contributed by atoms with E-state index in [1.54, 1.807) is 11.0 Å². The fourth-order valence-corrected chi connectivity index (χ4v) is 2.48. The molecule has 0 aliphatic carbocycles. The van der Waals surface area contributed by atoms with Gasteiger partial charge in [0.1, 0.15) is 10.7 Å². The Morgan fingerprint density at radius 3 is 2.89 bits per heavy atom. The molecule has 1 rings (SSSR count). The van der Waals surface area contributed by atoms with Crippen LogP contribution in [0, 0.1) is 0 Å². The Morgan fingerprint density at radius 1 is 1.61 bits per heavy atom. The van der Waals surface area contributed by atoms with Crippen molar-refractivity contribution in [2.24, 2.45) is 0 Å². The van der Waals surface area contributed by atoms with Crippen LogP contribution in [-0.2, 0) is 0 Å². The number of rotatable bonds is 7. The van der Waals surface area contributed by atoms with E-state index < -0.39 is 0 Å². The Bertz CT molecular complexity index is 416. The second kappa shape index (κ2) is 7.00. The normalized spacial score (nSPS) is 10.1. The molecule has 0 radical (unpaired) electrons. The molecule has 1 aromatic rings. The zero-order chi connectivity index (χ0) is 13.5. The first-order valence-electron chi connectivity index (χ1n) is 6.04. The van der Waals surface area contributed by atoms with Crippen molar-refractivity contribution in [3.05, 3.63) is 17.5 Å². The third kappa shape index (κ3) is 3.46. The lowest BCUT2D eigenvalue weighted by Crippen LogP contribution is -2.31. The minimum atomic E-state index is -0.0732. The molecule has 1 aromatic heterocycles. The van der Waals surface area contributed by atoms with Gasteiger partial charge in [0.25, 0.3) is 5.91 Å². The number of nitrogens with zero attached hydrogens (tertiary/aromatic N) is 2. The summed E-state index contributed by atoms with van der Waals surface area (Å²) in [6, 6.07) is 0. The van der Waals surface area contributed by atoms with E-state index in [2.05, 4.69) is 16.9 Å². The number of amides is 1. The van der Waals surface area contributed by atoms with Crippen molar-refractivity contribution in [1.82, 2.24) is 9.88 Å². The predicted octanol–water partition coefficient (Wildman–Crippen LogP) is 2.20. The highest BCUT2D eigenvalue weighted by molar-refractivity contribution is 7.18. The van der Waals surface area contributed by atoms with Crippen LogP contribution >= 0.6 is 11.3 Å². The Labute approximate surface area is 112 Å². The van der Waals surface area contributed by atoms with Crippen LogP contribution in [-0.4, -0.2) is 35.4 Å². The second-order valence-electron chi connectivity index (χ2n) is 3.80. The molecule has 0 bridgehead atoms. The van der Waals surface area contributed by atoms with Crippen LogP contribution in [0.4, 0.5) is 10.9 Å². The van der Waals surface area contributed by atoms with E-state index in [1.807, 2.05) is 13.8 Å². The minimum absolute atomic E-state index is 0.0732. The maximum atomic E-state index is 12.3. The van der Waals surface area contributed by atoms with Gasteiger partial charge >= 0.3 is 0 Å².